The van der Waals surface area contributed by atoms with Crippen LogP contribution in [0.4, 0.5) is 0 Å². The molecule has 0 radical (unpaired) electrons. The Balaban J connectivity index is 1.89. The summed E-state index contributed by atoms with van der Waals surface area (Å²) in [6.07, 6.45) is 11.2. The van der Waals surface area contributed by atoms with Gasteiger partial charge < -0.3 is 0 Å². The fraction of sp³-hybridized carbons (Fsp3) is 0.429. The highest BCUT2D eigenvalue weighted by Crippen LogP contribution is 2.42. The normalized spacial score (nSPS) is 23.1. The summed E-state index contributed by atoms with van der Waals surface area (Å²) in [6, 6.07) is 1.96. The van der Waals surface area contributed by atoms with E-state index < -0.39 is 0 Å². The van der Waals surface area contributed by atoms with Gasteiger partial charge in [-0.15, -0.1) is 0 Å². The van der Waals surface area contributed by atoms with Gasteiger partial charge >= 0.3 is 0 Å². The van der Waals surface area contributed by atoms with E-state index in [-0.39, 0.29) is 0 Å². The fourth-order valence-electron chi connectivity index (χ4n) is 2.71. The maximum atomic E-state index is 6.32. The molecule has 2 aliphatic rings. The smallest absolute Gasteiger partial charge is 0.160 e. The quantitative estimate of drug-likeness (QED) is 0.608. The molecule has 0 amide bonds. The number of rotatable bonds is 2. The van der Waals surface area contributed by atoms with Crippen molar-refractivity contribution in [1.29, 1.82) is 0 Å². The summed E-state index contributed by atoms with van der Waals surface area (Å²) in [7, 11) is 0. The number of allylic oxidation sites excluding steroid dienone is 2. The minimum absolute atomic E-state index is 0.425. The van der Waals surface area contributed by atoms with Crippen LogP contribution in [0.3, 0.4) is 0 Å². The van der Waals surface area contributed by atoms with E-state index in [2.05, 4.69) is 17.3 Å². The topological polar surface area (TPSA) is 30.2 Å². The first-order chi connectivity index (χ1) is 8.83. The van der Waals surface area contributed by atoms with E-state index in [9.17, 15) is 0 Å². The summed E-state index contributed by atoms with van der Waals surface area (Å²) in [4.78, 5) is 4.80. The summed E-state index contributed by atoms with van der Waals surface area (Å²) < 4.78 is 1.76. The van der Waals surface area contributed by atoms with Crippen molar-refractivity contribution in [1.82, 2.24) is 14.6 Å². The van der Waals surface area contributed by atoms with Gasteiger partial charge in [-0.3, -0.25) is 0 Å². The molecule has 2 aliphatic carbocycles. The van der Waals surface area contributed by atoms with Gasteiger partial charge in [0.15, 0.2) is 5.65 Å². The Labute approximate surface area is 110 Å². The standard InChI is InChI=1S/C14H14ClN3/c15-13-7-12(10-3-1-2-4-10)17-14-11(9-5-6-9)8-16-18(13)14/h1,3,7-10H,2,4-6H2. The molecule has 92 valence electrons. The van der Waals surface area contributed by atoms with Crippen LogP contribution in [0.2, 0.25) is 5.15 Å². The fourth-order valence-corrected chi connectivity index (χ4v) is 2.95. The van der Waals surface area contributed by atoms with Crippen LogP contribution in [0.1, 0.15) is 48.8 Å². The first kappa shape index (κ1) is 10.6. The number of fused-ring (bicyclic) bond motifs is 1. The van der Waals surface area contributed by atoms with E-state index in [1.807, 2.05) is 12.3 Å². The van der Waals surface area contributed by atoms with E-state index >= 15 is 0 Å². The Kier molecular flexibility index (Phi) is 2.24. The van der Waals surface area contributed by atoms with Crippen LogP contribution in [0.15, 0.2) is 24.4 Å². The largest absolute Gasteiger partial charge is 0.233 e. The molecule has 0 N–H and O–H groups in total. The highest BCUT2D eigenvalue weighted by molar-refractivity contribution is 6.29. The number of nitrogens with zero attached hydrogens (tertiary/aromatic N) is 3. The second kappa shape index (κ2) is 3.82. The lowest BCUT2D eigenvalue weighted by Crippen LogP contribution is -2.01. The van der Waals surface area contributed by atoms with Crippen molar-refractivity contribution < 1.29 is 0 Å². The summed E-state index contributed by atoms with van der Waals surface area (Å²) in [6.45, 7) is 0. The minimum atomic E-state index is 0.425. The molecule has 0 saturated heterocycles. The molecule has 1 fully saturated rings. The van der Waals surface area contributed by atoms with Crippen LogP contribution in [0, 0.1) is 0 Å². The molecule has 2 heterocycles. The molecule has 0 spiro atoms. The lowest BCUT2D eigenvalue weighted by molar-refractivity contribution is 0.766. The second-order valence-corrected chi connectivity index (χ2v) is 5.61. The van der Waals surface area contributed by atoms with Crippen molar-refractivity contribution in [3.05, 3.63) is 40.8 Å². The molecular weight excluding hydrogens is 246 g/mol. The van der Waals surface area contributed by atoms with Gasteiger partial charge in [-0.25, -0.2) is 9.50 Å². The highest BCUT2D eigenvalue weighted by atomic mass is 35.5. The molecule has 0 aromatic carbocycles. The number of hydrogen-bond acceptors (Lipinski definition) is 2. The summed E-state index contributed by atoms with van der Waals surface area (Å²) in [5.74, 6) is 1.08. The number of hydrogen-bond donors (Lipinski definition) is 0. The van der Waals surface area contributed by atoms with Gasteiger partial charge in [-0.05, 0) is 37.7 Å². The average molecular weight is 260 g/mol. The van der Waals surface area contributed by atoms with Crippen LogP contribution in [0.25, 0.3) is 5.65 Å². The number of halogens is 1. The van der Waals surface area contributed by atoms with Crippen LogP contribution >= 0.6 is 11.6 Å². The molecule has 4 heteroatoms. The van der Waals surface area contributed by atoms with Gasteiger partial charge in [-0.2, -0.15) is 5.10 Å². The Hall–Kier alpha value is -1.35. The van der Waals surface area contributed by atoms with Gasteiger partial charge in [0.2, 0.25) is 0 Å². The van der Waals surface area contributed by atoms with Crippen molar-refractivity contribution in [2.45, 2.75) is 37.5 Å². The van der Waals surface area contributed by atoms with Crippen molar-refractivity contribution in [3.8, 4) is 0 Å². The molecule has 2 aromatic heterocycles. The molecule has 18 heavy (non-hydrogen) atoms. The number of aromatic nitrogens is 3. The zero-order valence-electron chi connectivity index (χ0n) is 10.0. The highest BCUT2D eigenvalue weighted by Gasteiger charge is 2.28. The summed E-state index contributed by atoms with van der Waals surface area (Å²) >= 11 is 6.32. The molecule has 0 bridgehead atoms. The molecule has 0 aliphatic heterocycles. The third kappa shape index (κ3) is 1.57. The lowest BCUT2D eigenvalue weighted by atomic mass is 10.1. The zero-order valence-corrected chi connectivity index (χ0v) is 10.8. The molecule has 4 rings (SSSR count). The first-order valence-corrected chi connectivity index (χ1v) is 6.91. The third-order valence-electron chi connectivity index (χ3n) is 3.89. The molecular formula is C14H14ClN3. The Morgan fingerprint density at radius 1 is 1.28 bits per heavy atom. The van der Waals surface area contributed by atoms with Gasteiger partial charge in [0.25, 0.3) is 0 Å². The van der Waals surface area contributed by atoms with Crippen molar-refractivity contribution in [3.63, 3.8) is 0 Å². The van der Waals surface area contributed by atoms with Crippen molar-refractivity contribution >= 4 is 17.2 Å². The van der Waals surface area contributed by atoms with Crippen LogP contribution in [-0.2, 0) is 0 Å². The molecule has 2 aromatic rings. The van der Waals surface area contributed by atoms with E-state index in [0.29, 0.717) is 17.0 Å². The van der Waals surface area contributed by atoms with Crippen molar-refractivity contribution in [2.24, 2.45) is 0 Å². The SMILES string of the molecule is Clc1cc(C2C=CCC2)nc2c(C3CC3)cnn12. The Morgan fingerprint density at radius 3 is 2.89 bits per heavy atom. The molecule has 1 saturated carbocycles. The van der Waals surface area contributed by atoms with Gasteiger partial charge in [-0.1, -0.05) is 23.8 Å². The molecule has 1 atom stereocenters. The molecule has 3 nitrogen and oxygen atoms in total. The minimum Gasteiger partial charge on any atom is -0.233 e. The van der Waals surface area contributed by atoms with E-state index in [1.165, 1.54) is 18.4 Å². The van der Waals surface area contributed by atoms with Gasteiger partial charge in [0.05, 0.1) is 11.9 Å². The predicted molar refractivity (Wildman–Crippen MR) is 71.1 cm³/mol. The zero-order chi connectivity index (χ0) is 12.1. The Morgan fingerprint density at radius 2 is 2.17 bits per heavy atom. The predicted octanol–water partition coefficient (Wildman–Crippen LogP) is 3.69. The summed E-state index contributed by atoms with van der Waals surface area (Å²) in [5.41, 5.74) is 3.31. The average Bonchev–Trinajstić information content (AvgIpc) is 2.93. The van der Waals surface area contributed by atoms with Crippen LogP contribution in [-0.4, -0.2) is 14.6 Å². The van der Waals surface area contributed by atoms with E-state index in [4.69, 9.17) is 16.6 Å². The second-order valence-electron chi connectivity index (χ2n) is 5.23. The summed E-state index contributed by atoms with van der Waals surface area (Å²) in [5, 5.41) is 5.02. The monoisotopic (exact) mass is 259 g/mol. The van der Waals surface area contributed by atoms with E-state index in [0.717, 1.165) is 24.2 Å². The molecule has 1 unspecified atom stereocenters. The maximum absolute atomic E-state index is 6.32. The first-order valence-electron chi connectivity index (χ1n) is 6.53. The van der Waals surface area contributed by atoms with Crippen LogP contribution < -0.4 is 0 Å². The van der Waals surface area contributed by atoms with Crippen LogP contribution in [0.5, 0.6) is 0 Å². The maximum Gasteiger partial charge on any atom is 0.160 e. The Bertz CT molecular complexity index is 640. The third-order valence-corrected chi connectivity index (χ3v) is 4.15. The van der Waals surface area contributed by atoms with Gasteiger partial charge in [0.1, 0.15) is 5.15 Å². The van der Waals surface area contributed by atoms with Gasteiger partial charge in [0, 0.05) is 11.5 Å². The van der Waals surface area contributed by atoms with Crippen molar-refractivity contribution in [2.75, 3.05) is 0 Å². The van der Waals surface area contributed by atoms with E-state index in [1.54, 1.807) is 4.52 Å². The lowest BCUT2D eigenvalue weighted by Gasteiger charge is -2.09.